The Morgan fingerprint density at radius 3 is 1.65 bits per heavy atom. The third-order valence-corrected chi connectivity index (χ3v) is 4.26. The van der Waals surface area contributed by atoms with Crippen LogP contribution in [0.1, 0.15) is 97.8 Å². The number of aliphatic carboxylic acids is 1. The molecule has 23 heavy (non-hydrogen) atoms. The van der Waals surface area contributed by atoms with E-state index in [1.54, 1.807) is 13.8 Å². The predicted molar refractivity (Wildman–Crippen MR) is 95.5 cm³/mol. The Labute approximate surface area is 142 Å². The van der Waals surface area contributed by atoms with Crippen LogP contribution in [0.2, 0.25) is 0 Å². The van der Waals surface area contributed by atoms with Crippen LogP contribution in [0.15, 0.2) is 0 Å². The first-order chi connectivity index (χ1) is 11.0. The number of nitrogens with one attached hydrogen (secondary N) is 1. The average Bonchev–Trinajstić information content (AvgIpc) is 2.49. The molecule has 0 aromatic rings. The van der Waals surface area contributed by atoms with Crippen molar-refractivity contribution in [1.82, 2.24) is 5.32 Å². The van der Waals surface area contributed by atoms with E-state index < -0.39 is 12.0 Å². The standard InChI is InChI=1S/C19H37NO3/c1-4-5-6-7-8-9-10-11-12-13-14-15-17(21)20-18(16(2)3)19(22)23/h16,18H,4-15H2,1-3H3,(H,20,21)(H,22,23)/t18-/m1/s1. The van der Waals surface area contributed by atoms with Crippen molar-refractivity contribution in [3.63, 3.8) is 0 Å². The van der Waals surface area contributed by atoms with Crippen LogP contribution in [-0.4, -0.2) is 23.0 Å². The van der Waals surface area contributed by atoms with E-state index in [9.17, 15) is 9.59 Å². The topological polar surface area (TPSA) is 66.4 Å². The lowest BCUT2D eigenvalue weighted by Crippen LogP contribution is -2.44. The van der Waals surface area contributed by atoms with Gasteiger partial charge >= 0.3 is 5.97 Å². The molecule has 0 unspecified atom stereocenters. The predicted octanol–water partition coefficient (Wildman–Crippen LogP) is 4.91. The van der Waals surface area contributed by atoms with Crippen molar-refractivity contribution in [2.24, 2.45) is 5.92 Å². The highest BCUT2D eigenvalue weighted by atomic mass is 16.4. The largest absolute Gasteiger partial charge is 0.480 e. The van der Waals surface area contributed by atoms with Gasteiger partial charge in [0, 0.05) is 6.42 Å². The molecule has 4 nitrogen and oxygen atoms in total. The fraction of sp³-hybridized carbons (Fsp3) is 0.895. The Morgan fingerprint density at radius 1 is 0.826 bits per heavy atom. The van der Waals surface area contributed by atoms with Gasteiger partial charge in [0.05, 0.1) is 0 Å². The first kappa shape index (κ1) is 21.9. The lowest BCUT2D eigenvalue weighted by Gasteiger charge is -2.17. The molecule has 1 atom stereocenters. The molecule has 0 saturated heterocycles. The molecule has 0 aromatic carbocycles. The summed E-state index contributed by atoms with van der Waals surface area (Å²) in [5.74, 6) is -1.18. The van der Waals surface area contributed by atoms with Gasteiger partial charge in [-0.15, -0.1) is 0 Å². The summed E-state index contributed by atoms with van der Waals surface area (Å²) in [5.41, 5.74) is 0. The van der Waals surface area contributed by atoms with E-state index in [4.69, 9.17) is 5.11 Å². The van der Waals surface area contributed by atoms with Gasteiger partial charge in [0.2, 0.25) is 5.91 Å². The van der Waals surface area contributed by atoms with Gasteiger partial charge in [-0.1, -0.05) is 85.0 Å². The third-order valence-electron chi connectivity index (χ3n) is 4.26. The zero-order chi connectivity index (χ0) is 17.5. The van der Waals surface area contributed by atoms with Gasteiger partial charge in [-0.3, -0.25) is 4.79 Å². The number of hydrogen-bond donors (Lipinski definition) is 2. The lowest BCUT2D eigenvalue weighted by molar-refractivity contribution is -0.143. The zero-order valence-electron chi connectivity index (χ0n) is 15.4. The molecule has 0 radical (unpaired) electrons. The smallest absolute Gasteiger partial charge is 0.326 e. The second-order valence-electron chi connectivity index (χ2n) is 6.91. The Hall–Kier alpha value is -1.06. The number of carboxylic acid groups (broad SMARTS) is 1. The average molecular weight is 328 g/mol. The van der Waals surface area contributed by atoms with Crippen LogP contribution in [-0.2, 0) is 9.59 Å². The summed E-state index contributed by atoms with van der Waals surface area (Å²) in [6.07, 6.45) is 14.2. The number of rotatable bonds is 15. The van der Waals surface area contributed by atoms with E-state index in [0.717, 1.165) is 12.8 Å². The van der Waals surface area contributed by atoms with Crippen molar-refractivity contribution in [2.75, 3.05) is 0 Å². The van der Waals surface area contributed by atoms with Gasteiger partial charge in [0.25, 0.3) is 0 Å². The van der Waals surface area contributed by atoms with Gasteiger partial charge < -0.3 is 10.4 Å². The van der Waals surface area contributed by atoms with Crippen molar-refractivity contribution in [1.29, 1.82) is 0 Å². The summed E-state index contributed by atoms with van der Waals surface area (Å²) >= 11 is 0. The molecule has 0 rings (SSSR count). The monoisotopic (exact) mass is 327 g/mol. The minimum atomic E-state index is -0.952. The van der Waals surface area contributed by atoms with Crippen molar-refractivity contribution >= 4 is 11.9 Å². The SMILES string of the molecule is CCCCCCCCCCCCCC(=O)N[C@@H](C(=O)O)C(C)C. The number of amides is 1. The van der Waals surface area contributed by atoms with Gasteiger partial charge in [-0.05, 0) is 12.3 Å². The van der Waals surface area contributed by atoms with Gasteiger partial charge in [0.15, 0.2) is 0 Å². The molecule has 4 heteroatoms. The van der Waals surface area contributed by atoms with Crippen molar-refractivity contribution < 1.29 is 14.7 Å². The molecule has 0 aromatic heterocycles. The maximum atomic E-state index is 11.7. The van der Waals surface area contributed by atoms with Crippen LogP contribution in [0.4, 0.5) is 0 Å². The minimum absolute atomic E-state index is 0.0891. The molecule has 136 valence electrons. The van der Waals surface area contributed by atoms with E-state index in [1.165, 1.54) is 57.8 Å². The lowest BCUT2D eigenvalue weighted by atomic mass is 10.0. The fourth-order valence-corrected chi connectivity index (χ4v) is 2.71. The fourth-order valence-electron chi connectivity index (χ4n) is 2.71. The zero-order valence-corrected chi connectivity index (χ0v) is 15.4. The molecule has 2 N–H and O–H groups in total. The number of carbonyl (C=O) groups is 2. The second kappa shape index (κ2) is 14.5. The summed E-state index contributed by atoms with van der Waals surface area (Å²) < 4.78 is 0. The number of hydrogen-bond acceptors (Lipinski definition) is 2. The van der Waals surface area contributed by atoms with Crippen molar-refractivity contribution in [2.45, 2.75) is 104 Å². The summed E-state index contributed by atoms with van der Waals surface area (Å²) in [4.78, 5) is 22.8. The first-order valence-electron chi connectivity index (χ1n) is 9.51. The van der Waals surface area contributed by atoms with Crippen LogP contribution < -0.4 is 5.32 Å². The second-order valence-corrected chi connectivity index (χ2v) is 6.91. The summed E-state index contributed by atoms with van der Waals surface area (Å²) in [6.45, 7) is 5.85. The van der Waals surface area contributed by atoms with Crippen LogP contribution >= 0.6 is 0 Å². The van der Waals surface area contributed by atoms with Gasteiger partial charge in [0.1, 0.15) is 6.04 Å². The van der Waals surface area contributed by atoms with E-state index in [2.05, 4.69) is 12.2 Å². The molecule has 0 aliphatic rings. The normalized spacial score (nSPS) is 12.3. The molecule has 0 aliphatic heterocycles. The first-order valence-corrected chi connectivity index (χ1v) is 9.51. The molecule has 0 aliphatic carbocycles. The quantitative estimate of drug-likeness (QED) is 0.420. The molecular weight excluding hydrogens is 290 g/mol. The van der Waals surface area contributed by atoms with Crippen molar-refractivity contribution in [3.8, 4) is 0 Å². The van der Waals surface area contributed by atoms with E-state index in [0.29, 0.717) is 6.42 Å². The molecule has 0 heterocycles. The maximum absolute atomic E-state index is 11.7. The highest BCUT2D eigenvalue weighted by Crippen LogP contribution is 2.12. The third kappa shape index (κ3) is 13.1. The summed E-state index contributed by atoms with van der Waals surface area (Å²) in [6, 6.07) is -0.768. The van der Waals surface area contributed by atoms with E-state index in [-0.39, 0.29) is 11.8 Å². The summed E-state index contributed by atoms with van der Waals surface area (Å²) in [5, 5.41) is 11.7. The van der Waals surface area contributed by atoms with Gasteiger partial charge in [-0.25, -0.2) is 4.79 Å². The Kier molecular flexibility index (Phi) is 13.9. The molecule has 0 fully saturated rings. The number of carbonyl (C=O) groups excluding carboxylic acids is 1. The minimum Gasteiger partial charge on any atom is -0.480 e. The van der Waals surface area contributed by atoms with E-state index in [1.807, 2.05) is 0 Å². The van der Waals surface area contributed by atoms with Gasteiger partial charge in [-0.2, -0.15) is 0 Å². The molecule has 0 bridgehead atoms. The number of carboxylic acids is 1. The molecule has 0 spiro atoms. The Bertz CT molecular complexity index is 316. The van der Waals surface area contributed by atoms with Crippen LogP contribution in [0.3, 0.4) is 0 Å². The highest BCUT2D eigenvalue weighted by molar-refractivity contribution is 5.83. The maximum Gasteiger partial charge on any atom is 0.326 e. The van der Waals surface area contributed by atoms with Crippen LogP contribution in [0.25, 0.3) is 0 Å². The number of unbranched alkanes of at least 4 members (excludes halogenated alkanes) is 10. The summed E-state index contributed by atoms with van der Waals surface area (Å²) in [7, 11) is 0. The van der Waals surface area contributed by atoms with Crippen LogP contribution in [0, 0.1) is 5.92 Å². The Balaban J connectivity index is 3.47. The molecule has 0 saturated carbocycles. The molecule has 1 amide bonds. The highest BCUT2D eigenvalue weighted by Gasteiger charge is 2.22. The molecular formula is C19H37NO3. The Morgan fingerprint density at radius 2 is 1.26 bits per heavy atom. The van der Waals surface area contributed by atoms with E-state index >= 15 is 0 Å². The van der Waals surface area contributed by atoms with Crippen molar-refractivity contribution in [3.05, 3.63) is 0 Å². The van der Waals surface area contributed by atoms with Crippen LogP contribution in [0.5, 0.6) is 0 Å².